The van der Waals surface area contributed by atoms with Crippen LogP contribution in [-0.4, -0.2) is 124 Å². The van der Waals surface area contributed by atoms with E-state index in [1.807, 2.05) is 89.2 Å². The molecule has 14 unspecified atom stereocenters. The Balaban J connectivity index is 1.82. The van der Waals surface area contributed by atoms with Gasteiger partial charge in [0.25, 0.3) is 0 Å². The summed E-state index contributed by atoms with van der Waals surface area (Å²) in [5, 5.41) is 56.2. The Hall–Kier alpha value is -2.91. The van der Waals surface area contributed by atoms with Crippen LogP contribution in [0.1, 0.15) is 87.1 Å². The quantitative estimate of drug-likeness (QED) is 0.200. The summed E-state index contributed by atoms with van der Waals surface area (Å²) in [5.41, 5.74) is 1.11. The van der Waals surface area contributed by atoms with Gasteiger partial charge in [-0.3, -0.25) is 4.79 Å². The van der Waals surface area contributed by atoms with Crippen molar-refractivity contribution in [2.24, 2.45) is 33.9 Å². The Morgan fingerprint density at radius 2 is 1.52 bits per heavy atom. The SMILES string of the molecule is CCC1OC(O)C(C)C(=O)C(C)C(OC2OC(C)CC(N(C)C)C2O)C(C)(OC)CC(C)C(=NN=C(C)c2ccc(-c3ccccc3)cc2)C(C)C(O)C1(C)O. The predicted octanol–water partition coefficient (Wildman–Crippen LogP) is 5.48. The van der Waals surface area contributed by atoms with E-state index in [9.17, 15) is 25.2 Å². The van der Waals surface area contributed by atoms with Crippen LogP contribution in [-0.2, 0) is 23.7 Å². The van der Waals surface area contributed by atoms with Crippen molar-refractivity contribution < 1.29 is 44.2 Å². The second-order valence-electron chi connectivity index (χ2n) is 16.8. The van der Waals surface area contributed by atoms with Gasteiger partial charge in [-0.2, -0.15) is 10.2 Å². The molecule has 2 aliphatic rings. The minimum Gasteiger partial charge on any atom is -0.389 e. The molecule has 0 aliphatic carbocycles. The van der Waals surface area contributed by atoms with Crippen LogP contribution in [0, 0.1) is 23.7 Å². The zero-order valence-corrected chi connectivity index (χ0v) is 35.4. The number of carbonyl (C=O) groups is 1. The van der Waals surface area contributed by atoms with E-state index in [1.165, 1.54) is 6.92 Å². The molecule has 2 saturated heterocycles. The molecule has 4 N–H and O–H groups in total. The van der Waals surface area contributed by atoms with Crippen LogP contribution in [0.3, 0.4) is 0 Å². The number of ether oxygens (including phenoxy) is 4. The highest BCUT2D eigenvalue weighted by Crippen LogP contribution is 2.39. The van der Waals surface area contributed by atoms with Crippen molar-refractivity contribution in [2.75, 3.05) is 21.2 Å². The first-order valence-corrected chi connectivity index (χ1v) is 20.0. The molecule has 2 fully saturated rings. The minimum absolute atomic E-state index is 0.234. The summed E-state index contributed by atoms with van der Waals surface area (Å²) in [5.74, 6) is -3.48. The van der Waals surface area contributed by atoms with Crippen molar-refractivity contribution in [3.8, 4) is 11.1 Å². The highest BCUT2D eigenvalue weighted by Gasteiger charge is 2.51. The maximum absolute atomic E-state index is 14.3. The molecule has 0 radical (unpaired) electrons. The summed E-state index contributed by atoms with van der Waals surface area (Å²) in [7, 11) is 5.32. The van der Waals surface area contributed by atoms with Crippen molar-refractivity contribution in [3.05, 3.63) is 60.2 Å². The van der Waals surface area contributed by atoms with Gasteiger partial charge >= 0.3 is 0 Å². The van der Waals surface area contributed by atoms with Gasteiger partial charge in [0.05, 0.1) is 41.6 Å². The van der Waals surface area contributed by atoms with E-state index < -0.39 is 71.9 Å². The maximum atomic E-state index is 14.3. The zero-order chi connectivity index (χ0) is 41.7. The third-order valence-electron chi connectivity index (χ3n) is 12.2. The van der Waals surface area contributed by atoms with Crippen molar-refractivity contribution in [3.63, 3.8) is 0 Å². The number of nitrogens with zero attached hydrogens (tertiary/aromatic N) is 3. The molecular formula is C44H67N3O9. The standard InChI is InChI=1S/C44H67N3O9/c1-13-35-44(9,52)39(50)27(4)36(46-45-30(7)31-19-21-33(22-20-31)32-17-15-14-16-18-32)25(2)24-43(8,53-12)40(28(5)37(48)29(6)41(51)55-35)56-42-38(49)34(47(10)11)23-26(3)54-42/h14-22,25-29,34-35,38-42,49-52H,13,23-24H2,1-12H3. The number of rotatable bonds is 8. The van der Waals surface area contributed by atoms with E-state index in [-0.39, 0.29) is 30.8 Å². The lowest BCUT2D eigenvalue weighted by Gasteiger charge is -2.47. The van der Waals surface area contributed by atoms with Gasteiger partial charge in [-0.25, -0.2) is 0 Å². The molecule has 312 valence electrons. The van der Waals surface area contributed by atoms with E-state index >= 15 is 0 Å². The number of benzene rings is 2. The number of hydrogen-bond acceptors (Lipinski definition) is 12. The van der Waals surface area contributed by atoms with Crippen molar-refractivity contribution in [1.82, 2.24) is 4.90 Å². The Bertz CT molecular complexity index is 1630. The van der Waals surface area contributed by atoms with Gasteiger partial charge in [0.1, 0.15) is 17.5 Å². The van der Waals surface area contributed by atoms with Crippen LogP contribution in [0.4, 0.5) is 0 Å². The monoisotopic (exact) mass is 781 g/mol. The average Bonchev–Trinajstić information content (AvgIpc) is 3.18. The molecule has 0 saturated carbocycles. The maximum Gasteiger partial charge on any atom is 0.185 e. The molecule has 2 aliphatic heterocycles. The van der Waals surface area contributed by atoms with Crippen LogP contribution in [0.15, 0.2) is 64.8 Å². The molecule has 0 aromatic heterocycles. The first kappa shape index (κ1) is 45.8. The number of hydrogen-bond donors (Lipinski definition) is 4. The largest absolute Gasteiger partial charge is 0.389 e. The van der Waals surface area contributed by atoms with E-state index in [4.69, 9.17) is 24.0 Å². The molecule has 56 heavy (non-hydrogen) atoms. The summed E-state index contributed by atoms with van der Waals surface area (Å²) in [6.45, 7) is 15.9. The summed E-state index contributed by atoms with van der Waals surface area (Å²) in [6, 6.07) is 17.9. The van der Waals surface area contributed by atoms with Gasteiger partial charge < -0.3 is 44.3 Å². The van der Waals surface area contributed by atoms with E-state index in [1.54, 1.807) is 34.8 Å². The number of methoxy groups -OCH3 is 1. The smallest absolute Gasteiger partial charge is 0.185 e. The highest BCUT2D eigenvalue weighted by molar-refractivity contribution is 6.00. The number of aliphatic hydroxyl groups is 4. The second-order valence-corrected chi connectivity index (χ2v) is 16.8. The van der Waals surface area contributed by atoms with Gasteiger partial charge in [0, 0.05) is 30.7 Å². The first-order chi connectivity index (χ1) is 26.3. The molecule has 4 rings (SSSR count). The van der Waals surface area contributed by atoms with E-state index in [0.29, 0.717) is 17.8 Å². The molecule has 12 nitrogen and oxygen atoms in total. The van der Waals surface area contributed by atoms with Gasteiger partial charge in [-0.05, 0) is 83.7 Å². The Labute approximate surface area is 333 Å². The van der Waals surface area contributed by atoms with E-state index in [0.717, 1.165) is 16.7 Å². The molecule has 14 atom stereocenters. The molecule has 2 aromatic rings. The lowest BCUT2D eigenvalue weighted by molar-refractivity contribution is -0.295. The number of ketones is 1. The lowest BCUT2D eigenvalue weighted by Crippen LogP contribution is -2.60. The van der Waals surface area contributed by atoms with Crippen LogP contribution >= 0.6 is 0 Å². The highest BCUT2D eigenvalue weighted by atomic mass is 16.7. The Morgan fingerprint density at radius 1 is 0.911 bits per heavy atom. The van der Waals surface area contributed by atoms with Crippen molar-refractivity contribution in [1.29, 1.82) is 0 Å². The van der Waals surface area contributed by atoms with Gasteiger partial charge in [-0.1, -0.05) is 89.2 Å². The number of carbonyl (C=O) groups excluding carboxylic acids is 1. The fourth-order valence-electron chi connectivity index (χ4n) is 8.48. The predicted molar refractivity (Wildman–Crippen MR) is 218 cm³/mol. The molecule has 0 amide bonds. The Kier molecular flexibility index (Phi) is 15.7. The summed E-state index contributed by atoms with van der Waals surface area (Å²) in [4.78, 5) is 16.2. The molecule has 0 spiro atoms. The topological polar surface area (TPSA) is 163 Å². The van der Waals surface area contributed by atoms with E-state index in [2.05, 4.69) is 17.2 Å². The van der Waals surface area contributed by atoms with Crippen LogP contribution < -0.4 is 0 Å². The molecule has 2 heterocycles. The molecular weight excluding hydrogens is 714 g/mol. The van der Waals surface area contributed by atoms with Crippen LogP contribution in [0.25, 0.3) is 11.1 Å². The third kappa shape index (κ3) is 10.2. The summed E-state index contributed by atoms with van der Waals surface area (Å²) < 4.78 is 25.2. The van der Waals surface area contributed by atoms with Crippen molar-refractivity contribution in [2.45, 2.75) is 142 Å². The number of likely N-dealkylation sites (N-methyl/N-ethyl adjacent to an activating group) is 1. The van der Waals surface area contributed by atoms with Crippen molar-refractivity contribution >= 4 is 17.2 Å². The number of Topliss-reactive ketones (excluding diaryl/α,β-unsaturated/α-hetero) is 1. The first-order valence-electron chi connectivity index (χ1n) is 20.0. The zero-order valence-electron chi connectivity index (χ0n) is 35.4. The minimum atomic E-state index is -1.86. The van der Waals surface area contributed by atoms with Gasteiger partial charge in [-0.15, -0.1) is 0 Å². The number of aliphatic hydroxyl groups excluding tert-OH is 3. The van der Waals surface area contributed by atoms with Crippen LogP contribution in [0.2, 0.25) is 0 Å². The molecule has 2 aromatic carbocycles. The summed E-state index contributed by atoms with van der Waals surface area (Å²) >= 11 is 0. The third-order valence-corrected chi connectivity index (χ3v) is 12.2. The second kappa shape index (κ2) is 19.2. The van der Waals surface area contributed by atoms with Gasteiger partial charge in [0.15, 0.2) is 12.6 Å². The fraction of sp³-hybridized carbons (Fsp3) is 0.659. The van der Waals surface area contributed by atoms with Gasteiger partial charge in [0.2, 0.25) is 0 Å². The average molecular weight is 782 g/mol. The summed E-state index contributed by atoms with van der Waals surface area (Å²) in [6.07, 6.45) is -6.32. The Morgan fingerprint density at radius 3 is 2.09 bits per heavy atom. The fourth-order valence-corrected chi connectivity index (χ4v) is 8.48. The molecule has 12 heteroatoms. The lowest BCUT2D eigenvalue weighted by atomic mass is 9.74. The molecule has 0 bridgehead atoms. The van der Waals surface area contributed by atoms with Crippen LogP contribution in [0.5, 0.6) is 0 Å². The normalized spacial score (nSPS) is 39.1.